The van der Waals surface area contributed by atoms with Gasteiger partial charge in [-0.15, -0.1) is 0 Å². The van der Waals surface area contributed by atoms with E-state index in [4.69, 9.17) is 4.74 Å². The van der Waals surface area contributed by atoms with Crippen LogP contribution < -0.4 is 0 Å². The van der Waals surface area contributed by atoms with Gasteiger partial charge in [0.25, 0.3) is 0 Å². The molecule has 2 aromatic rings. The molecule has 0 aliphatic rings. The monoisotopic (exact) mass is 358 g/mol. The Morgan fingerprint density at radius 1 is 0.840 bits per heavy atom. The molecule has 2 aromatic carbocycles. The molecule has 0 aliphatic heterocycles. The molecule has 0 aromatic heterocycles. The highest BCUT2D eigenvalue weighted by atomic mass is 19.2. The van der Waals surface area contributed by atoms with E-state index in [1.165, 1.54) is 0 Å². The highest BCUT2D eigenvalue weighted by Crippen LogP contribution is 2.24. The maximum Gasteiger partial charge on any atom is 0.338 e. The van der Waals surface area contributed by atoms with Gasteiger partial charge in [-0.2, -0.15) is 0 Å². The number of aryl methyl sites for hydroxylation is 1. The van der Waals surface area contributed by atoms with Crippen molar-refractivity contribution >= 4 is 5.97 Å². The summed E-state index contributed by atoms with van der Waals surface area (Å²) in [6.45, 7) is 1.84. The maximum absolute atomic E-state index is 13.5. The number of rotatable bonds is 6. The van der Waals surface area contributed by atoms with Gasteiger partial charge in [0.1, 0.15) is 0 Å². The molecule has 134 valence electrons. The molecule has 0 saturated heterocycles. The first kappa shape index (κ1) is 18.9. The minimum Gasteiger partial charge on any atom is -0.462 e. The normalized spacial score (nSPS) is 10.8. The van der Waals surface area contributed by atoms with Gasteiger partial charge in [-0.3, -0.25) is 0 Å². The van der Waals surface area contributed by atoms with Gasteiger partial charge in [0, 0.05) is 5.56 Å². The Kier molecular flexibility index (Phi) is 6.12. The predicted octanol–water partition coefficient (Wildman–Crippen LogP) is 4.87. The van der Waals surface area contributed by atoms with Gasteiger partial charge >= 0.3 is 5.97 Å². The average molecular weight is 358 g/mol. The van der Waals surface area contributed by atoms with Gasteiger partial charge in [-0.1, -0.05) is 17.7 Å². The molecule has 0 radical (unpaired) electrons. The van der Waals surface area contributed by atoms with Gasteiger partial charge in [0.2, 0.25) is 5.82 Å². The second-order valence-corrected chi connectivity index (χ2v) is 5.51. The molecule has 2 nitrogen and oxygen atoms in total. The van der Waals surface area contributed by atoms with Crippen LogP contribution in [0, 0.1) is 36.0 Å². The van der Waals surface area contributed by atoms with Crippen LogP contribution in [-0.2, 0) is 11.2 Å². The average Bonchev–Trinajstić information content (AvgIpc) is 2.61. The summed E-state index contributed by atoms with van der Waals surface area (Å²) < 4.78 is 71.0. The minimum atomic E-state index is -2.18. The van der Waals surface area contributed by atoms with Crippen molar-refractivity contribution in [2.75, 3.05) is 6.61 Å². The summed E-state index contributed by atoms with van der Waals surface area (Å²) in [5, 5.41) is 0. The summed E-state index contributed by atoms with van der Waals surface area (Å²) in [5.41, 5.74) is 0.492. The SMILES string of the molecule is Cc1ccc(C(=O)OCCCCc2c(F)c(F)c(F)c(F)c2F)cc1. The second-order valence-electron chi connectivity index (χ2n) is 5.51. The van der Waals surface area contributed by atoms with Crippen LogP contribution in [0.5, 0.6) is 0 Å². The van der Waals surface area contributed by atoms with Crippen LogP contribution in [0.15, 0.2) is 24.3 Å². The molecule has 2 rings (SSSR count). The first-order chi connectivity index (χ1) is 11.8. The van der Waals surface area contributed by atoms with Crippen LogP contribution in [0.4, 0.5) is 22.0 Å². The zero-order chi connectivity index (χ0) is 18.6. The molecule has 0 amide bonds. The zero-order valence-electron chi connectivity index (χ0n) is 13.3. The Balaban J connectivity index is 1.86. The summed E-state index contributed by atoms with van der Waals surface area (Å²) in [5.74, 6) is -10.3. The smallest absolute Gasteiger partial charge is 0.338 e. The number of halogens is 5. The van der Waals surface area contributed by atoms with Crippen LogP contribution in [0.25, 0.3) is 0 Å². The van der Waals surface area contributed by atoms with E-state index in [9.17, 15) is 26.7 Å². The lowest BCUT2D eigenvalue weighted by Crippen LogP contribution is -2.09. The first-order valence-electron chi connectivity index (χ1n) is 7.57. The highest BCUT2D eigenvalue weighted by Gasteiger charge is 2.25. The van der Waals surface area contributed by atoms with Gasteiger partial charge < -0.3 is 4.74 Å². The number of esters is 1. The molecule has 0 N–H and O–H groups in total. The fourth-order valence-corrected chi connectivity index (χ4v) is 2.21. The van der Waals surface area contributed by atoms with Gasteiger partial charge in [0.05, 0.1) is 12.2 Å². The molecular weight excluding hydrogens is 343 g/mol. The zero-order valence-corrected chi connectivity index (χ0v) is 13.3. The van der Waals surface area contributed by atoms with E-state index in [1.807, 2.05) is 6.92 Å². The molecule has 0 atom stereocenters. The quantitative estimate of drug-likeness (QED) is 0.242. The fourth-order valence-electron chi connectivity index (χ4n) is 2.21. The molecule has 7 heteroatoms. The largest absolute Gasteiger partial charge is 0.462 e. The van der Waals surface area contributed by atoms with Crippen molar-refractivity contribution in [3.8, 4) is 0 Å². The predicted molar refractivity (Wildman–Crippen MR) is 80.6 cm³/mol. The van der Waals surface area contributed by atoms with Crippen molar-refractivity contribution in [3.63, 3.8) is 0 Å². The number of benzene rings is 2. The summed E-state index contributed by atoms with van der Waals surface area (Å²) in [6.07, 6.45) is -0.0372. The third-order valence-corrected chi connectivity index (χ3v) is 3.64. The molecule has 0 unspecified atom stereocenters. The molecule has 0 heterocycles. The Hall–Kier alpha value is -2.44. The fraction of sp³-hybridized carbons (Fsp3) is 0.278. The van der Waals surface area contributed by atoms with Crippen molar-refractivity contribution < 1.29 is 31.5 Å². The van der Waals surface area contributed by atoms with Crippen molar-refractivity contribution in [1.82, 2.24) is 0 Å². The third kappa shape index (κ3) is 4.35. The summed E-state index contributed by atoms with van der Waals surface area (Å²) in [7, 11) is 0. The van der Waals surface area contributed by atoms with Crippen molar-refractivity contribution in [1.29, 1.82) is 0 Å². The van der Waals surface area contributed by atoms with Crippen molar-refractivity contribution in [2.24, 2.45) is 0 Å². The lowest BCUT2D eigenvalue weighted by atomic mass is 10.1. The molecule has 25 heavy (non-hydrogen) atoms. The molecule has 0 aliphatic carbocycles. The minimum absolute atomic E-state index is 0.0257. The van der Waals surface area contributed by atoms with E-state index >= 15 is 0 Å². The molecule has 0 saturated carbocycles. The highest BCUT2D eigenvalue weighted by molar-refractivity contribution is 5.89. The van der Waals surface area contributed by atoms with E-state index in [0.717, 1.165) is 5.56 Å². The first-order valence-corrected chi connectivity index (χ1v) is 7.57. The number of hydrogen-bond acceptors (Lipinski definition) is 2. The van der Waals surface area contributed by atoms with Gasteiger partial charge in [-0.25, -0.2) is 26.7 Å². The summed E-state index contributed by atoms with van der Waals surface area (Å²) in [6, 6.07) is 6.71. The van der Waals surface area contributed by atoms with E-state index < -0.39 is 40.6 Å². The van der Waals surface area contributed by atoms with Crippen LogP contribution in [0.1, 0.15) is 34.3 Å². The van der Waals surface area contributed by atoms with E-state index in [2.05, 4.69) is 0 Å². The molecule has 0 fully saturated rings. The number of ether oxygens (including phenoxy) is 1. The van der Waals surface area contributed by atoms with E-state index in [0.29, 0.717) is 5.56 Å². The summed E-state index contributed by atoms with van der Waals surface area (Å²) >= 11 is 0. The Bertz CT molecular complexity index is 743. The summed E-state index contributed by atoms with van der Waals surface area (Å²) in [4.78, 5) is 11.7. The lowest BCUT2D eigenvalue weighted by molar-refractivity contribution is 0.0498. The second kappa shape index (κ2) is 8.09. The molecule has 0 bridgehead atoms. The van der Waals surface area contributed by atoms with Crippen LogP contribution >= 0.6 is 0 Å². The van der Waals surface area contributed by atoms with E-state index in [1.54, 1.807) is 24.3 Å². The van der Waals surface area contributed by atoms with Crippen LogP contribution in [0.2, 0.25) is 0 Å². The van der Waals surface area contributed by atoms with Crippen molar-refractivity contribution in [2.45, 2.75) is 26.2 Å². The molecule has 0 spiro atoms. The lowest BCUT2D eigenvalue weighted by Gasteiger charge is -2.08. The maximum atomic E-state index is 13.5. The number of unbranched alkanes of at least 4 members (excludes halogenated alkanes) is 1. The third-order valence-electron chi connectivity index (χ3n) is 3.64. The number of hydrogen-bond donors (Lipinski definition) is 0. The Morgan fingerprint density at radius 2 is 1.36 bits per heavy atom. The molecular formula is C18H15F5O2. The standard InChI is InChI=1S/C18H15F5O2/c1-10-5-7-11(8-6-10)18(24)25-9-3-2-4-12-13(19)15(21)17(23)16(22)14(12)20/h5-8H,2-4,9H2,1H3. The Morgan fingerprint density at radius 3 is 1.92 bits per heavy atom. The number of carbonyl (C=O) groups excluding carboxylic acids is 1. The van der Waals surface area contributed by atoms with Crippen molar-refractivity contribution in [3.05, 3.63) is 70.0 Å². The van der Waals surface area contributed by atoms with E-state index in [-0.39, 0.29) is 25.9 Å². The Labute approximate surface area is 141 Å². The van der Waals surface area contributed by atoms with Crippen LogP contribution in [0.3, 0.4) is 0 Å². The van der Waals surface area contributed by atoms with Gasteiger partial charge in [0.15, 0.2) is 23.3 Å². The number of carbonyl (C=O) groups is 1. The van der Waals surface area contributed by atoms with Gasteiger partial charge in [-0.05, 0) is 38.3 Å². The topological polar surface area (TPSA) is 26.3 Å². The van der Waals surface area contributed by atoms with Crippen LogP contribution in [-0.4, -0.2) is 12.6 Å².